The minimum atomic E-state index is -3.57. The first kappa shape index (κ1) is 17.9. The average Bonchev–Trinajstić information content (AvgIpc) is 3.01. The molecule has 1 aromatic carbocycles. The number of aliphatic carboxylic acids is 1. The first-order chi connectivity index (χ1) is 11.8. The second-order valence-electron chi connectivity index (χ2n) is 6.65. The van der Waals surface area contributed by atoms with E-state index < -0.39 is 22.0 Å². The van der Waals surface area contributed by atoms with Crippen LogP contribution in [0.1, 0.15) is 42.5 Å². The van der Waals surface area contributed by atoms with Gasteiger partial charge in [0.15, 0.2) is 0 Å². The number of carboxylic acid groups (broad SMARTS) is 1. The molecule has 2 N–H and O–H groups in total. The summed E-state index contributed by atoms with van der Waals surface area (Å²) in [4.78, 5) is 26.2. The Labute approximate surface area is 147 Å². The fourth-order valence-corrected chi connectivity index (χ4v) is 4.75. The maximum Gasteiger partial charge on any atom is 0.326 e. The molecule has 3 rings (SSSR count). The summed E-state index contributed by atoms with van der Waals surface area (Å²) >= 11 is 0. The Morgan fingerprint density at radius 3 is 2.40 bits per heavy atom. The van der Waals surface area contributed by atoms with E-state index in [1.54, 1.807) is 0 Å². The highest BCUT2D eigenvalue weighted by molar-refractivity contribution is 7.89. The Hall–Kier alpha value is -1.93. The SMILES string of the molecule is CNS(=O)(=O)c1ccc(C(=O)N2[C@@H]3CCCC[C@@H]3C[C@H]2C(=O)O)cc1. The third kappa shape index (κ3) is 3.28. The fraction of sp³-hybridized carbons (Fsp3) is 0.529. The summed E-state index contributed by atoms with van der Waals surface area (Å²) in [7, 11) is -2.25. The van der Waals surface area contributed by atoms with E-state index >= 15 is 0 Å². The molecule has 0 bridgehead atoms. The lowest BCUT2D eigenvalue weighted by Crippen LogP contribution is -2.46. The number of nitrogens with zero attached hydrogens (tertiary/aromatic N) is 1. The van der Waals surface area contributed by atoms with Crippen LogP contribution in [0.3, 0.4) is 0 Å². The molecule has 1 aromatic rings. The molecular formula is C17H22N2O5S. The van der Waals surface area contributed by atoms with Crippen molar-refractivity contribution < 1.29 is 23.1 Å². The van der Waals surface area contributed by atoms with Crippen LogP contribution in [0.2, 0.25) is 0 Å². The van der Waals surface area contributed by atoms with E-state index in [-0.39, 0.29) is 22.8 Å². The molecule has 1 aliphatic carbocycles. The van der Waals surface area contributed by atoms with Gasteiger partial charge in [0.2, 0.25) is 10.0 Å². The molecule has 0 aromatic heterocycles. The van der Waals surface area contributed by atoms with E-state index in [0.717, 1.165) is 25.7 Å². The van der Waals surface area contributed by atoms with Crippen molar-refractivity contribution in [2.24, 2.45) is 5.92 Å². The smallest absolute Gasteiger partial charge is 0.326 e. The van der Waals surface area contributed by atoms with Crippen molar-refractivity contribution in [3.63, 3.8) is 0 Å². The summed E-state index contributed by atoms with van der Waals surface area (Å²) in [6.45, 7) is 0. The number of carbonyl (C=O) groups excluding carboxylic acids is 1. The molecule has 0 radical (unpaired) electrons. The van der Waals surface area contributed by atoms with Gasteiger partial charge in [-0.2, -0.15) is 0 Å². The van der Waals surface area contributed by atoms with Crippen LogP contribution >= 0.6 is 0 Å². The van der Waals surface area contributed by atoms with E-state index in [1.807, 2.05) is 0 Å². The second kappa shape index (κ2) is 6.76. The van der Waals surface area contributed by atoms with Crippen molar-refractivity contribution in [3.8, 4) is 0 Å². The first-order valence-corrected chi connectivity index (χ1v) is 9.92. The van der Waals surface area contributed by atoms with Gasteiger partial charge in [-0.1, -0.05) is 12.8 Å². The average molecular weight is 366 g/mol. The van der Waals surface area contributed by atoms with Gasteiger partial charge in [-0.3, -0.25) is 4.79 Å². The Balaban J connectivity index is 1.89. The number of amides is 1. The summed E-state index contributed by atoms with van der Waals surface area (Å²) in [6.07, 6.45) is 4.35. The predicted octanol–water partition coefficient (Wildman–Crippen LogP) is 1.45. The fourth-order valence-electron chi connectivity index (χ4n) is 4.02. The summed E-state index contributed by atoms with van der Waals surface area (Å²) in [6, 6.07) is 4.78. The quantitative estimate of drug-likeness (QED) is 0.839. The molecule has 1 amide bonds. The number of sulfonamides is 1. The van der Waals surface area contributed by atoms with Gasteiger partial charge in [-0.15, -0.1) is 0 Å². The first-order valence-electron chi connectivity index (χ1n) is 8.44. The van der Waals surface area contributed by atoms with Crippen LogP contribution in [-0.2, 0) is 14.8 Å². The van der Waals surface area contributed by atoms with Crippen LogP contribution in [0.5, 0.6) is 0 Å². The molecule has 25 heavy (non-hydrogen) atoms. The highest BCUT2D eigenvalue weighted by Crippen LogP contribution is 2.40. The van der Waals surface area contributed by atoms with Gasteiger partial charge in [0, 0.05) is 11.6 Å². The topological polar surface area (TPSA) is 104 Å². The summed E-state index contributed by atoms with van der Waals surface area (Å²) in [5, 5.41) is 9.53. The molecule has 2 fully saturated rings. The van der Waals surface area contributed by atoms with Gasteiger partial charge in [-0.05, 0) is 56.5 Å². The molecule has 1 aliphatic heterocycles. The van der Waals surface area contributed by atoms with E-state index in [9.17, 15) is 23.1 Å². The number of nitrogens with one attached hydrogen (secondary N) is 1. The molecular weight excluding hydrogens is 344 g/mol. The van der Waals surface area contributed by atoms with Crippen molar-refractivity contribution >= 4 is 21.9 Å². The Bertz CT molecular complexity index is 775. The molecule has 7 nitrogen and oxygen atoms in total. The molecule has 1 heterocycles. The third-order valence-electron chi connectivity index (χ3n) is 5.29. The third-order valence-corrected chi connectivity index (χ3v) is 6.72. The number of carbonyl (C=O) groups is 2. The van der Waals surface area contributed by atoms with Crippen LogP contribution in [0.4, 0.5) is 0 Å². The van der Waals surface area contributed by atoms with Gasteiger partial charge in [0.1, 0.15) is 6.04 Å². The largest absolute Gasteiger partial charge is 0.480 e. The van der Waals surface area contributed by atoms with Crippen molar-refractivity contribution in [1.29, 1.82) is 0 Å². The molecule has 1 saturated carbocycles. The van der Waals surface area contributed by atoms with Crippen molar-refractivity contribution in [2.45, 2.75) is 49.1 Å². The van der Waals surface area contributed by atoms with E-state index in [0.29, 0.717) is 12.0 Å². The molecule has 0 spiro atoms. The zero-order chi connectivity index (χ0) is 18.2. The molecule has 136 valence electrons. The maximum atomic E-state index is 12.9. The minimum Gasteiger partial charge on any atom is -0.480 e. The van der Waals surface area contributed by atoms with Crippen molar-refractivity contribution in [2.75, 3.05) is 7.05 Å². The highest BCUT2D eigenvalue weighted by atomic mass is 32.2. The van der Waals surface area contributed by atoms with Gasteiger partial charge < -0.3 is 10.0 Å². The van der Waals surface area contributed by atoms with Gasteiger partial charge in [0.25, 0.3) is 5.91 Å². The maximum absolute atomic E-state index is 12.9. The molecule has 2 aliphatic rings. The lowest BCUT2D eigenvalue weighted by Gasteiger charge is -2.33. The summed E-state index contributed by atoms with van der Waals surface area (Å²) < 4.78 is 25.8. The van der Waals surface area contributed by atoms with Crippen LogP contribution < -0.4 is 4.72 Å². The standard InChI is InChI=1S/C17H22N2O5S/c1-18-25(23,24)13-8-6-11(7-9-13)16(20)19-14-5-3-2-4-12(14)10-15(19)17(21)22/h6-9,12,14-15,18H,2-5,10H2,1H3,(H,21,22)/t12-,14-,15+/m1/s1. The summed E-state index contributed by atoms with van der Waals surface area (Å²) in [5.74, 6) is -1.07. The lowest BCUT2D eigenvalue weighted by molar-refractivity contribution is -0.141. The zero-order valence-corrected chi connectivity index (χ0v) is 14.8. The Morgan fingerprint density at radius 1 is 1.16 bits per heavy atom. The number of likely N-dealkylation sites (tertiary alicyclic amines) is 1. The monoisotopic (exact) mass is 366 g/mol. The van der Waals surface area contributed by atoms with Crippen LogP contribution in [0.25, 0.3) is 0 Å². The Morgan fingerprint density at radius 2 is 1.80 bits per heavy atom. The number of hydrogen-bond acceptors (Lipinski definition) is 4. The molecule has 0 unspecified atom stereocenters. The number of hydrogen-bond donors (Lipinski definition) is 2. The van der Waals surface area contributed by atoms with Crippen LogP contribution in [-0.4, -0.2) is 49.4 Å². The molecule has 8 heteroatoms. The van der Waals surface area contributed by atoms with Crippen LogP contribution in [0, 0.1) is 5.92 Å². The lowest BCUT2D eigenvalue weighted by atomic mass is 9.84. The number of benzene rings is 1. The number of fused-ring (bicyclic) bond motifs is 1. The predicted molar refractivity (Wildman–Crippen MR) is 90.6 cm³/mol. The van der Waals surface area contributed by atoms with Crippen LogP contribution in [0.15, 0.2) is 29.2 Å². The van der Waals surface area contributed by atoms with Crippen molar-refractivity contribution in [1.82, 2.24) is 9.62 Å². The van der Waals surface area contributed by atoms with Gasteiger partial charge in [0.05, 0.1) is 4.90 Å². The second-order valence-corrected chi connectivity index (χ2v) is 8.53. The summed E-state index contributed by atoms with van der Waals surface area (Å²) in [5.41, 5.74) is 0.313. The van der Waals surface area contributed by atoms with E-state index in [2.05, 4.69) is 4.72 Å². The highest BCUT2D eigenvalue weighted by Gasteiger charge is 2.47. The normalized spacial score (nSPS) is 26.3. The molecule has 3 atom stereocenters. The van der Waals surface area contributed by atoms with E-state index in [4.69, 9.17) is 0 Å². The Kier molecular flexibility index (Phi) is 4.83. The van der Waals surface area contributed by atoms with E-state index in [1.165, 1.54) is 36.2 Å². The zero-order valence-electron chi connectivity index (χ0n) is 14.0. The van der Waals surface area contributed by atoms with Gasteiger partial charge >= 0.3 is 5.97 Å². The van der Waals surface area contributed by atoms with Crippen molar-refractivity contribution in [3.05, 3.63) is 29.8 Å². The van der Waals surface area contributed by atoms with Gasteiger partial charge in [-0.25, -0.2) is 17.9 Å². The molecule has 1 saturated heterocycles. The number of carboxylic acids is 1. The minimum absolute atomic E-state index is 0.0388. The number of rotatable bonds is 4.